The summed E-state index contributed by atoms with van der Waals surface area (Å²) in [6, 6.07) is 8.27. The van der Waals surface area contributed by atoms with E-state index in [1.165, 1.54) is 16.7 Å². The lowest BCUT2D eigenvalue weighted by Gasteiger charge is -2.10. The van der Waals surface area contributed by atoms with Crippen LogP contribution in [-0.4, -0.2) is 19.7 Å². The zero-order valence-electron chi connectivity index (χ0n) is 14.2. The molecular weight excluding hydrogens is 286 g/mol. The second-order valence-corrected chi connectivity index (χ2v) is 6.11. The van der Waals surface area contributed by atoms with Crippen LogP contribution in [0.1, 0.15) is 41.6 Å². The number of aryl methyl sites for hydroxylation is 4. The molecular formula is C19H23N3O. The van der Waals surface area contributed by atoms with Crippen LogP contribution in [0.4, 0.5) is 0 Å². The molecule has 0 radical (unpaired) electrons. The van der Waals surface area contributed by atoms with Gasteiger partial charge in [0.05, 0.1) is 23.6 Å². The molecule has 4 heteroatoms. The van der Waals surface area contributed by atoms with E-state index in [9.17, 15) is 5.11 Å². The third-order valence-electron chi connectivity index (χ3n) is 4.29. The van der Waals surface area contributed by atoms with Crippen molar-refractivity contribution in [1.82, 2.24) is 14.6 Å². The van der Waals surface area contributed by atoms with Crippen LogP contribution in [0.2, 0.25) is 0 Å². The number of aliphatic hydroxyl groups excluding tert-OH is 1. The highest BCUT2D eigenvalue weighted by molar-refractivity contribution is 5.84. The van der Waals surface area contributed by atoms with Crippen molar-refractivity contribution in [3.63, 3.8) is 0 Å². The van der Waals surface area contributed by atoms with Gasteiger partial charge in [0, 0.05) is 5.69 Å². The smallest absolute Gasteiger partial charge is 0.163 e. The molecule has 0 saturated carbocycles. The van der Waals surface area contributed by atoms with Crippen molar-refractivity contribution in [2.24, 2.45) is 0 Å². The largest absolute Gasteiger partial charge is 0.390 e. The zero-order chi connectivity index (χ0) is 16.6. The average molecular weight is 309 g/mol. The highest BCUT2D eigenvalue weighted by Crippen LogP contribution is 2.33. The summed E-state index contributed by atoms with van der Waals surface area (Å²) in [6.07, 6.45) is 1.95. The Morgan fingerprint density at radius 2 is 1.78 bits per heavy atom. The predicted octanol–water partition coefficient (Wildman–Crippen LogP) is 3.77. The standard InChI is InChI=1S/C19H23N3O/c1-5-7-16-10-15(11-23)20-19-18(14(4)21-22(16)19)17-12(2)8-6-9-13(17)3/h6,8-10,23H,5,7,11H2,1-4H3. The molecule has 3 aromatic rings. The lowest BCUT2D eigenvalue weighted by Crippen LogP contribution is -2.04. The van der Waals surface area contributed by atoms with Gasteiger partial charge < -0.3 is 5.11 Å². The lowest BCUT2D eigenvalue weighted by molar-refractivity contribution is 0.276. The van der Waals surface area contributed by atoms with Crippen molar-refractivity contribution >= 4 is 5.65 Å². The van der Waals surface area contributed by atoms with Crippen molar-refractivity contribution in [2.75, 3.05) is 0 Å². The maximum Gasteiger partial charge on any atom is 0.163 e. The highest BCUT2D eigenvalue weighted by atomic mass is 16.3. The molecule has 1 aromatic carbocycles. The van der Waals surface area contributed by atoms with Gasteiger partial charge in [0.25, 0.3) is 0 Å². The molecule has 0 unspecified atom stereocenters. The van der Waals surface area contributed by atoms with Crippen molar-refractivity contribution in [3.8, 4) is 11.1 Å². The maximum atomic E-state index is 9.58. The van der Waals surface area contributed by atoms with E-state index < -0.39 is 0 Å². The molecule has 23 heavy (non-hydrogen) atoms. The quantitative estimate of drug-likeness (QED) is 0.798. The van der Waals surface area contributed by atoms with Crippen LogP contribution < -0.4 is 0 Å². The van der Waals surface area contributed by atoms with Gasteiger partial charge in [0.1, 0.15) is 0 Å². The Morgan fingerprint density at radius 3 is 2.39 bits per heavy atom. The fraction of sp³-hybridized carbons (Fsp3) is 0.368. The van der Waals surface area contributed by atoms with Gasteiger partial charge in [0.2, 0.25) is 0 Å². The van der Waals surface area contributed by atoms with Crippen molar-refractivity contribution in [2.45, 2.75) is 47.1 Å². The first-order chi connectivity index (χ1) is 11.1. The van der Waals surface area contributed by atoms with E-state index in [-0.39, 0.29) is 6.61 Å². The molecule has 0 amide bonds. The van der Waals surface area contributed by atoms with Crippen molar-refractivity contribution in [1.29, 1.82) is 0 Å². The summed E-state index contributed by atoms with van der Waals surface area (Å²) in [7, 11) is 0. The molecule has 0 saturated heterocycles. The molecule has 3 rings (SSSR count). The predicted molar refractivity (Wildman–Crippen MR) is 92.6 cm³/mol. The first kappa shape index (κ1) is 15.7. The van der Waals surface area contributed by atoms with Crippen molar-refractivity contribution < 1.29 is 5.11 Å². The Morgan fingerprint density at radius 1 is 1.09 bits per heavy atom. The zero-order valence-corrected chi connectivity index (χ0v) is 14.2. The summed E-state index contributed by atoms with van der Waals surface area (Å²) in [5.41, 5.74) is 8.33. The summed E-state index contributed by atoms with van der Waals surface area (Å²) >= 11 is 0. The van der Waals surface area contributed by atoms with Crippen LogP contribution in [0.25, 0.3) is 16.8 Å². The lowest BCUT2D eigenvalue weighted by atomic mass is 9.96. The number of nitrogens with zero attached hydrogens (tertiary/aromatic N) is 3. The second kappa shape index (κ2) is 6.13. The number of hydrogen-bond donors (Lipinski definition) is 1. The number of benzene rings is 1. The maximum absolute atomic E-state index is 9.58. The third-order valence-corrected chi connectivity index (χ3v) is 4.29. The minimum atomic E-state index is -0.0519. The molecule has 4 nitrogen and oxygen atoms in total. The molecule has 120 valence electrons. The van der Waals surface area contributed by atoms with Crippen LogP contribution >= 0.6 is 0 Å². The molecule has 2 aromatic heterocycles. The summed E-state index contributed by atoms with van der Waals surface area (Å²) < 4.78 is 1.94. The molecule has 0 spiro atoms. The normalized spacial score (nSPS) is 11.3. The van der Waals surface area contributed by atoms with Gasteiger partial charge in [0.15, 0.2) is 5.65 Å². The van der Waals surface area contributed by atoms with Crippen molar-refractivity contribution in [3.05, 3.63) is 52.5 Å². The molecule has 0 bridgehead atoms. The molecule has 0 aliphatic heterocycles. The van der Waals surface area contributed by atoms with Crippen LogP contribution in [0, 0.1) is 20.8 Å². The average Bonchev–Trinajstić information content (AvgIpc) is 2.84. The Kier molecular flexibility index (Phi) is 4.18. The Balaban J connectivity index is 2.38. The van der Waals surface area contributed by atoms with E-state index in [2.05, 4.69) is 44.0 Å². The van der Waals surface area contributed by atoms with Gasteiger partial charge in [-0.15, -0.1) is 0 Å². The third kappa shape index (κ3) is 2.63. The number of fused-ring (bicyclic) bond motifs is 1. The van der Waals surface area contributed by atoms with E-state index in [1.54, 1.807) is 0 Å². The topological polar surface area (TPSA) is 50.4 Å². The van der Waals surface area contributed by atoms with E-state index >= 15 is 0 Å². The van der Waals surface area contributed by atoms with Gasteiger partial charge in [-0.2, -0.15) is 5.10 Å². The van der Waals surface area contributed by atoms with E-state index in [0.717, 1.165) is 35.4 Å². The molecule has 0 atom stereocenters. The van der Waals surface area contributed by atoms with E-state index in [0.29, 0.717) is 5.69 Å². The fourth-order valence-electron chi connectivity index (χ4n) is 3.26. The minimum absolute atomic E-state index is 0.0519. The van der Waals surface area contributed by atoms with Crippen LogP contribution in [0.5, 0.6) is 0 Å². The van der Waals surface area contributed by atoms with Gasteiger partial charge in [-0.25, -0.2) is 9.50 Å². The first-order valence-electron chi connectivity index (χ1n) is 8.12. The SMILES string of the molecule is CCCc1cc(CO)nc2c(-c3c(C)cccc3C)c(C)nn12. The van der Waals surface area contributed by atoms with Crippen LogP contribution in [0.3, 0.4) is 0 Å². The first-order valence-corrected chi connectivity index (χ1v) is 8.12. The summed E-state index contributed by atoms with van der Waals surface area (Å²) in [6.45, 7) is 8.36. The summed E-state index contributed by atoms with van der Waals surface area (Å²) in [5, 5.41) is 14.3. The van der Waals surface area contributed by atoms with Gasteiger partial charge in [-0.05, 0) is 49.9 Å². The van der Waals surface area contributed by atoms with E-state index in [1.807, 2.05) is 17.5 Å². The Labute approximate surface area is 136 Å². The summed E-state index contributed by atoms with van der Waals surface area (Å²) in [5.74, 6) is 0. The summed E-state index contributed by atoms with van der Waals surface area (Å²) in [4.78, 5) is 4.67. The number of aliphatic hydroxyl groups is 1. The molecule has 0 fully saturated rings. The molecule has 0 aliphatic rings. The van der Waals surface area contributed by atoms with Gasteiger partial charge in [-0.1, -0.05) is 31.5 Å². The highest BCUT2D eigenvalue weighted by Gasteiger charge is 2.19. The number of rotatable bonds is 4. The number of aromatic nitrogens is 3. The van der Waals surface area contributed by atoms with Crippen LogP contribution in [0.15, 0.2) is 24.3 Å². The van der Waals surface area contributed by atoms with Gasteiger partial charge in [-0.3, -0.25) is 0 Å². The fourth-order valence-corrected chi connectivity index (χ4v) is 3.26. The van der Waals surface area contributed by atoms with Crippen LogP contribution in [-0.2, 0) is 13.0 Å². The Bertz CT molecular complexity index is 844. The minimum Gasteiger partial charge on any atom is -0.390 e. The molecule has 1 N–H and O–H groups in total. The number of hydrogen-bond acceptors (Lipinski definition) is 3. The molecule has 0 aliphatic carbocycles. The molecule has 2 heterocycles. The van der Waals surface area contributed by atoms with Gasteiger partial charge >= 0.3 is 0 Å². The van der Waals surface area contributed by atoms with E-state index in [4.69, 9.17) is 5.10 Å². The second-order valence-electron chi connectivity index (χ2n) is 6.11. The monoisotopic (exact) mass is 309 g/mol. The Hall–Kier alpha value is -2.20.